The van der Waals surface area contributed by atoms with Crippen molar-refractivity contribution in [1.82, 2.24) is 4.90 Å². The molecule has 110 valence electrons. The van der Waals surface area contributed by atoms with Gasteiger partial charge < -0.3 is 4.90 Å². The minimum atomic E-state index is -0.385. The molecule has 1 fully saturated rings. The minimum absolute atomic E-state index is 0.0581. The van der Waals surface area contributed by atoms with E-state index in [1.165, 1.54) is 18.9 Å². The van der Waals surface area contributed by atoms with Gasteiger partial charge >= 0.3 is 0 Å². The Morgan fingerprint density at radius 2 is 1.90 bits per heavy atom. The zero-order valence-corrected chi connectivity index (χ0v) is 13.7. The number of halogens is 2. The third-order valence-electron chi connectivity index (χ3n) is 4.78. The third-order valence-corrected chi connectivity index (χ3v) is 5.42. The van der Waals surface area contributed by atoms with Crippen LogP contribution in [0.25, 0.3) is 0 Å². The number of rotatable bonds is 3. The second-order valence-electron chi connectivity index (χ2n) is 5.63. The van der Waals surface area contributed by atoms with E-state index in [-0.39, 0.29) is 11.7 Å². The van der Waals surface area contributed by atoms with Crippen molar-refractivity contribution in [3.05, 3.63) is 34.1 Å². The fourth-order valence-corrected chi connectivity index (χ4v) is 3.20. The lowest BCUT2D eigenvalue weighted by Crippen LogP contribution is -2.42. The number of likely N-dealkylation sites (tertiary alicyclic amines) is 1. The summed E-state index contributed by atoms with van der Waals surface area (Å²) in [5, 5.41) is 0. The van der Waals surface area contributed by atoms with Crippen LogP contribution in [0.1, 0.15) is 49.9 Å². The van der Waals surface area contributed by atoms with Crippen molar-refractivity contribution >= 4 is 21.8 Å². The molecule has 1 aromatic carbocycles. The smallest absolute Gasteiger partial charge is 0.253 e. The average Bonchev–Trinajstić information content (AvgIpc) is 2.49. The Labute approximate surface area is 128 Å². The van der Waals surface area contributed by atoms with E-state index < -0.39 is 0 Å². The summed E-state index contributed by atoms with van der Waals surface area (Å²) in [6.07, 6.45) is 4.42. The van der Waals surface area contributed by atoms with Crippen LogP contribution in [0.4, 0.5) is 4.39 Å². The first-order valence-electron chi connectivity index (χ1n) is 7.25. The number of hydrogen-bond donors (Lipinski definition) is 0. The van der Waals surface area contributed by atoms with Crippen molar-refractivity contribution in [2.24, 2.45) is 5.41 Å². The van der Waals surface area contributed by atoms with Crippen molar-refractivity contribution in [3.8, 4) is 0 Å². The lowest BCUT2D eigenvalue weighted by Gasteiger charge is -2.41. The molecule has 0 saturated carbocycles. The van der Waals surface area contributed by atoms with Gasteiger partial charge in [-0.3, -0.25) is 4.79 Å². The Hall–Kier alpha value is -0.900. The first kappa shape index (κ1) is 15.5. The maximum absolute atomic E-state index is 13.5. The van der Waals surface area contributed by atoms with Crippen molar-refractivity contribution in [2.75, 3.05) is 13.1 Å². The van der Waals surface area contributed by atoms with Gasteiger partial charge in [-0.1, -0.05) is 26.7 Å². The van der Waals surface area contributed by atoms with E-state index in [9.17, 15) is 9.18 Å². The predicted molar refractivity (Wildman–Crippen MR) is 82.3 cm³/mol. The van der Waals surface area contributed by atoms with Crippen LogP contribution >= 0.6 is 15.9 Å². The molecule has 0 spiro atoms. The van der Waals surface area contributed by atoms with Gasteiger partial charge in [0, 0.05) is 18.7 Å². The van der Waals surface area contributed by atoms with Crippen molar-refractivity contribution in [1.29, 1.82) is 0 Å². The number of amides is 1. The Morgan fingerprint density at radius 3 is 2.40 bits per heavy atom. The summed E-state index contributed by atoms with van der Waals surface area (Å²) >= 11 is 3.11. The van der Waals surface area contributed by atoms with Crippen LogP contribution in [0.2, 0.25) is 0 Å². The molecule has 1 amide bonds. The molecular weight excluding hydrogens is 321 g/mol. The van der Waals surface area contributed by atoms with Crippen LogP contribution < -0.4 is 0 Å². The zero-order valence-electron chi connectivity index (χ0n) is 12.1. The Bertz CT molecular complexity index is 489. The summed E-state index contributed by atoms with van der Waals surface area (Å²) in [6, 6.07) is 4.58. The largest absolute Gasteiger partial charge is 0.339 e. The lowest BCUT2D eigenvalue weighted by molar-refractivity contribution is 0.0557. The molecule has 1 heterocycles. The fourth-order valence-electron chi connectivity index (χ4n) is 2.95. The van der Waals surface area contributed by atoms with Crippen LogP contribution in [0, 0.1) is 11.2 Å². The highest BCUT2D eigenvalue weighted by molar-refractivity contribution is 9.10. The molecule has 20 heavy (non-hydrogen) atoms. The molecule has 2 rings (SSSR count). The number of piperidine rings is 1. The Balaban J connectivity index is 2.06. The average molecular weight is 342 g/mol. The third kappa shape index (κ3) is 3.05. The molecular formula is C16H21BrFNO. The number of nitrogens with zero attached hydrogens (tertiary/aromatic N) is 1. The molecule has 0 aromatic heterocycles. The van der Waals surface area contributed by atoms with Crippen molar-refractivity contribution in [2.45, 2.75) is 39.5 Å². The standard InChI is InChI=1S/C16H21BrFNO/c1-3-16(4-2)7-9-19(10-8-16)15(20)12-5-6-13(17)14(18)11-12/h5-6,11H,3-4,7-10H2,1-2H3. The summed E-state index contributed by atoms with van der Waals surface area (Å²) in [4.78, 5) is 14.2. The van der Waals surface area contributed by atoms with Gasteiger partial charge in [0.1, 0.15) is 5.82 Å². The van der Waals surface area contributed by atoms with E-state index in [4.69, 9.17) is 0 Å². The van der Waals surface area contributed by atoms with Crippen LogP contribution in [0.5, 0.6) is 0 Å². The first-order chi connectivity index (χ1) is 9.51. The zero-order chi connectivity index (χ0) is 14.8. The molecule has 4 heteroatoms. The van der Waals surface area contributed by atoms with E-state index in [1.807, 2.05) is 4.90 Å². The number of benzene rings is 1. The van der Waals surface area contributed by atoms with Gasteiger partial charge in [0.2, 0.25) is 0 Å². The van der Waals surface area contributed by atoms with E-state index in [0.29, 0.717) is 15.5 Å². The van der Waals surface area contributed by atoms with Crippen molar-refractivity contribution in [3.63, 3.8) is 0 Å². The van der Waals surface area contributed by atoms with Gasteiger partial charge in [0.15, 0.2) is 0 Å². The summed E-state index contributed by atoms with van der Waals surface area (Å²) in [7, 11) is 0. The number of carbonyl (C=O) groups excluding carboxylic acids is 1. The quantitative estimate of drug-likeness (QED) is 0.784. The highest BCUT2D eigenvalue weighted by Crippen LogP contribution is 2.38. The molecule has 1 aliphatic rings. The van der Waals surface area contributed by atoms with Crippen LogP contribution in [0.3, 0.4) is 0 Å². The first-order valence-corrected chi connectivity index (χ1v) is 8.05. The molecule has 1 aromatic rings. The molecule has 0 atom stereocenters. The van der Waals surface area contributed by atoms with Gasteiger partial charge in [0.05, 0.1) is 4.47 Å². The maximum atomic E-state index is 13.5. The predicted octanol–water partition coefficient (Wildman–Crippen LogP) is 4.63. The van der Waals surface area contributed by atoms with Gasteiger partial charge in [-0.15, -0.1) is 0 Å². The van der Waals surface area contributed by atoms with Gasteiger partial charge in [-0.05, 0) is 52.4 Å². The lowest BCUT2D eigenvalue weighted by atomic mass is 9.74. The summed E-state index contributed by atoms with van der Waals surface area (Å²) in [5.41, 5.74) is 0.827. The van der Waals surface area contributed by atoms with Gasteiger partial charge in [0.25, 0.3) is 5.91 Å². The number of carbonyl (C=O) groups is 1. The van der Waals surface area contributed by atoms with E-state index in [0.717, 1.165) is 25.9 Å². The fraction of sp³-hybridized carbons (Fsp3) is 0.562. The molecule has 2 nitrogen and oxygen atoms in total. The van der Waals surface area contributed by atoms with Crippen molar-refractivity contribution < 1.29 is 9.18 Å². The summed E-state index contributed by atoms with van der Waals surface area (Å²) in [5.74, 6) is -0.443. The number of hydrogen-bond acceptors (Lipinski definition) is 1. The summed E-state index contributed by atoms with van der Waals surface area (Å²) in [6.45, 7) is 6.01. The van der Waals surface area contributed by atoms with Crippen LogP contribution in [-0.4, -0.2) is 23.9 Å². The van der Waals surface area contributed by atoms with Crippen LogP contribution in [-0.2, 0) is 0 Å². The molecule has 0 unspecified atom stereocenters. The highest BCUT2D eigenvalue weighted by atomic mass is 79.9. The van der Waals surface area contributed by atoms with Gasteiger partial charge in [-0.25, -0.2) is 4.39 Å². The topological polar surface area (TPSA) is 20.3 Å². The molecule has 0 bridgehead atoms. The second kappa shape index (κ2) is 6.25. The Morgan fingerprint density at radius 1 is 1.30 bits per heavy atom. The molecule has 0 N–H and O–H groups in total. The SMILES string of the molecule is CCC1(CC)CCN(C(=O)c2ccc(Br)c(F)c2)CC1. The molecule has 0 aliphatic carbocycles. The van der Waals surface area contributed by atoms with E-state index in [2.05, 4.69) is 29.8 Å². The normalized spacial score (nSPS) is 18.1. The Kier molecular flexibility index (Phi) is 4.84. The summed E-state index contributed by atoms with van der Waals surface area (Å²) < 4.78 is 13.9. The molecule has 0 radical (unpaired) electrons. The monoisotopic (exact) mass is 341 g/mol. The maximum Gasteiger partial charge on any atom is 0.253 e. The van der Waals surface area contributed by atoms with E-state index in [1.54, 1.807) is 12.1 Å². The van der Waals surface area contributed by atoms with Gasteiger partial charge in [-0.2, -0.15) is 0 Å². The van der Waals surface area contributed by atoms with Crippen LogP contribution in [0.15, 0.2) is 22.7 Å². The molecule has 1 aliphatic heterocycles. The minimum Gasteiger partial charge on any atom is -0.339 e. The second-order valence-corrected chi connectivity index (χ2v) is 6.48. The highest BCUT2D eigenvalue weighted by Gasteiger charge is 2.33. The molecule has 1 saturated heterocycles. The van der Waals surface area contributed by atoms with E-state index >= 15 is 0 Å².